The van der Waals surface area contributed by atoms with E-state index in [1.807, 2.05) is 19.1 Å². The second-order valence-electron chi connectivity index (χ2n) is 9.33. The van der Waals surface area contributed by atoms with Crippen LogP contribution in [-0.4, -0.2) is 31.0 Å². The number of fused-ring (bicyclic) bond motifs is 1. The number of nitrogens with zero attached hydrogens (tertiary/aromatic N) is 1. The number of amides is 2. The van der Waals surface area contributed by atoms with Gasteiger partial charge in [-0.25, -0.2) is 4.39 Å². The van der Waals surface area contributed by atoms with Gasteiger partial charge in [-0.3, -0.25) is 14.6 Å². The van der Waals surface area contributed by atoms with Crippen LogP contribution in [0.2, 0.25) is 5.02 Å². The number of carbonyl (C=O) groups is 2. The number of hydrogen-bond donors (Lipinski definition) is 3. The second-order valence-corrected chi connectivity index (χ2v) is 9.73. The Morgan fingerprint density at radius 1 is 0.949 bits per heavy atom. The zero-order valence-electron chi connectivity index (χ0n) is 21.5. The smallest absolute Gasteiger partial charge is 0.240 e. The molecule has 39 heavy (non-hydrogen) atoms. The number of anilines is 3. The van der Waals surface area contributed by atoms with Crippen molar-refractivity contribution in [2.75, 3.05) is 30.1 Å². The van der Waals surface area contributed by atoms with E-state index < -0.39 is 23.0 Å². The Labute approximate surface area is 229 Å². The van der Waals surface area contributed by atoms with Gasteiger partial charge in [-0.2, -0.15) is 0 Å². The molecule has 1 aromatic heterocycles. The van der Waals surface area contributed by atoms with Crippen molar-refractivity contribution >= 4 is 51.4 Å². The summed E-state index contributed by atoms with van der Waals surface area (Å²) >= 11 is 6.54. The quantitative estimate of drug-likeness (QED) is 0.216. The van der Waals surface area contributed by atoms with Crippen molar-refractivity contribution in [2.24, 2.45) is 5.41 Å². The van der Waals surface area contributed by atoms with E-state index in [-0.39, 0.29) is 5.02 Å². The fourth-order valence-electron chi connectivity index (χ4n) is 4.30. The number of aryl methyl sites for hydroxylation is 1. The highest BCUT2D eigenvalue weighted by atomic mass is 35.5. The minimum atomic E-state index is -1.21. The molecule has 1 saturated carbocycles. The first kappa shape index (κ1) is 26.2. The fraction of sp³-hybridized carbons (Fsp3) is 0.207. The van der Waals surface area contributed by atoms with E-state index in [1.165, 1.54) is 24.3 Å². The van der Waals surface area contributed by atoms with Gasteiger partial charge in [-0.05, 0) is 73.9 Å². The minimum Gasteiger partial charge on any atom is -0.495 e. The van der Waals surface area contributed by atoms with Crippen molar-refractivity contribution in [1.29, 1.82) is 0 Å². The number of aromatic nitrogens is 1. The van der Waals surface area contributed by atoms with Gasteiger partial charge in [0.05, 0.1) is 29.0 Å². The summed E-state index contributed by atoms with van der Waals surface area (Å²) in [7, 11) is 3.40. The van der Waals surface area contributed by atoms with Crippen molar-refractivity contribution < 1.29 is 23.5 Å². The van der Waals surface area contributed by atoms with Gasteiger partial charge >= 0.3 is 0 Å². The molecule has 4 aromatic rings. The SMILES string of the molecule is CNc1cc2nccc(Oc3cc(Cl)c(NC(=O)C4(C(=O)Nc5ccc(F)cc5)CC4)cc3C)c2cc1OC. The third-order valence-corrected chi connectivity index (χ3v) is 7.06. The highest BCUT2D eigenvalue weighted by molar-refractivity contribution is 6.34. The molecule has 3 aromatic carbocycles. The van der Waals surface area contributed by atoms with E-state index in [0.717, 1.165) is 22.2 Å². The zero-order chi connectivity index (χ0) is 27.7. The number of benzene rings is 3. The maximum Gasteiger partial charge on any atom is 0.240 e. The number of nitrogens with one attached hydrogen (secondary N) is 3. The molecule has 200 valence electrons. The van der Waals surface area contributed by atoms with Crippen LogP contribution >= 0.6 is 11.6 Å². The van der Waals surface area contributed by atoms with Crippen molar-refractivity contribution in [3.63, 3.8) is 0 Å². The molecule has 0 aliphatic heterocycles. The Morgan fingerprint density at radius 2 is 1.67 bits per heavy atom. The molecule has 1 aliphatic rings. The van der Waals surface area contributed by atoms with E-state index in [2.05, 4.69) is 20.9 Å². The van der Waals surface area contributed by atoms with Crippen LogP contribution in [0.25, 0.3) is 10.9 Å². The normalized spacial score (nSPS) is 13.5. The molecule has 0 spiro atoms. The van der Waals surface area contributed by atoms with E-state index in [9.17, 15) is 14.0 Å². The van der Waals surface area contributed by atoms with Gasteiger partial charge in [0, 0.05) is 30.4 Å². The molecule has 10 heteroatoms. The van der Waals surface area contributed by atoms with Crippen LogP contribution in [0.5, 0.6) is 17.2 Å². The third kappa shape index (κ3) is 5.18. The van der Waals surface area contributed by atoms with Crippen molar-refractivity contribution in [3.8, 4) is 17.2 Å². The minimum absolute atomic E-state index is 0.257. The highest BCUT2D eigenvalue weighted by Gasteiger charge is 2.56. The molecule has 5 rings (SSSR count). The molecule has 0 saturated heterocycles. The molecule has 2 amide bonds. The number of carbonyl (C=O) groups excluding carboxylic acids is 2. The van der Waals surface area contributed by atoms with Crippen LogP contribution in [0.15, 0.2) is 60.8 Å². The summed E-state index contributed by atoms with van der Waals surface area (Å²) < 4.78 is 24.9. The summed E-state index contributed by atoms with van der Waals surface area (Å²) in [6, 6.07) is 14.2. The fourth-order valence-corrected chi connectivity index (χ4v) is 4.50. The average molecular weight is 549 g/mol. The Kier molecular flexibility index (Phi) is 7.01. The van der Waals surface area contributed by atoms with Crippen LogP contribution in [0, 0.1) is 18.2 Å². The number of halogens is 2. The van der Waals surface area contributed by atoms with E-state index >= 15 is 0 Å². The topological polar surface area (TPSA) is 102 Å². The predicted octanol–water partition coefficient (Wildman–Crippen LogP) is 6.54. The Morgan fingerprint density at radius 3 is 2.33 bits per heavy atom. The van der Waals surface area contributed by atoms with Crippen LogP contribution in [-0.2, 0) is 9.59 Å². The number of methoxy groups -OCH3 is 1. The molecule has 8 nitrogen and oxygen atoms in total. The van der Waals surface area contributed by atoms with Gasteiger partial charge in [-0.15, -0.1) is 0 Å². The molecule has 0 atom stereocenters. The molecule has 0 unspecified atom stereocenters. The molecule has 0 bridgehead atoms. The number of hydrogen-bond acceptors (Lipinski definition) is 6. The Balaban J connectivity index is 1.35. The third-order valence-electron chi connectivity index (χ3n) is 6.75. The number of ether oxygens (including phenoxy) is 2. The lowest BCUT2D eigenvalue weighted by molar-refractivity contribution is -0.131. The lowest BCUT2D eigenvalue weighted by Gasteiger charge is -2.18. The summed E-state index contributed by atoms with van der Waals surface area (Å²) in [6.07, 6.45) is 2.45. The van der Waals surface area contributed by atoms with Gasteiger partial charge < -0.3 is 25.4 Å². The molecular weight excluding hydrogens is 523 g/mol. The molecule has 3 N–H and O–H groups in total. The summed E-state index contributed by atoms with van der Waals surface area (Å²) in [6.45, 7) is 1.83. The summed E-state index contributed by atoms with van der Waals surface area (Å²) in [5, 5.41) is 9.59. The van der Waals surface area contributed by atoms with Crippen LogP contribution in [0.1, 0.15) is 18.4 Å². The second kappa shape index (κ2) is 10.4. The first-order chi connectivity index (χ1) is 18.7. The van der Waals surface area contributed by atoms with Gasteiger partial charge in [-0.1, -0.05) is 11.6 Å². The molecular formula is C29H26ClFN4O4. The number of rotatable bonds is 8. The first-order valence-corrected chi connectivity index (χ1v) is 12.6. The van der Waals surface area contributed by atoms with E-state index in [0.29, 0.717) is 41.5 Å². The monoisotopic (exact) mass is 548 g/mol. The molecule has 1 heterocycles. The molecule has 0 radical (unpaired) electrons. The maximum atomic E-state index is 13.2. The van der Waals surface area contributed by atoms with Crippen LogP contribution in [0.4, 0.5) is 21.5 Å². The lowest BCUT2D eigenvalue weighted by atomic mass is 10.0. The van der Waals surface area contributed by atoms with E-state index in [4.69, 9.17) is 21.1 Å². The summed E-state index contributed by atoms with van der Waals surface area (Å²) in [5.74, 6) is 0.395. The van der Waals surface area contributed by atoms with Gasteiger partial charge in [0.2, 0.25) is 11.8 Å². The zero-order valence-corrected chi connectivity index (χ0v) is 22.3. The largest absolute Gasteiger partial charge is 0.495 e. The van der Waals surface area contributed by atoms with E-state index in [1.54, 1.807) is 38.6 Å². The highest BCUT2D eigenvalue weighted by Crippen LogP contribution is 2.48. The standard InChI is InChI=1S/C29H26ClFN4O4/c1-16-12-22(35-28(37)29(9-10-29)27(36)34-18-6-4-17(31)5-7-18)20(30)14-25(16)39-24-8-11-33-21-15-23(32-2)26(38-3)13-19(21)24/h4-8,11-15,32H,9-10H2,1-3H3,(H,34,36)(H,35,37). The van der Waals surface area contributed by atoms with Gasteiger partial charge in [0.1, 0.15) is 28.5 Å². The molecule has 1 aliphatic carbocycles. The van der Waals surface area contributed by atoms with Crippen molar-refractivity contribution in [2.45, 2.75) is 19.8 Å². The van der Waals surface area contributed by atoms with Crippen LogP contribution in [0.3, 0.4) is 0 Å². The Bertz CT molecular complexity index is 1590. The molecule has 1 fully saturated rings. The first-order valence-electron chi connectivity index (χ1n) is 12.2. The lowest BCUT2D eigenvalue weighted by Crippen LogP contribution is -2.35. The summed E-state index contributed by atoms with van der Waals surface area (Å²) in [4.78, 5) is 30.4. The number of pyridine rings is 1. The van der Waals surface area contributed by atoms with Crippen molar-refractivity contribution in [1.82, 2.24) is 4.98 Å². The Hall–Kier alpha value is -4.37. The summed E-state index contributed by atoms with van der Waals surface area (Å²) in [5.41, 5.74) is 1.82. The average Bonchev–Trinajstić information content (AvgIpc) is 3.74. The van der Waals surface area contributed by atoms with Crippen LogP contribution < -0.4 is 25.4 Å². The van der Waals surface area contributed by atoms with Gasteiger partial charge in [0.25, 0.3) is 0 Å². The predicted molar refractivity (Wildman–Crippen MR) is 149 cm³/mol. The maximum absolute atomic E-state index is 13.2. The van der Waals surface area contributed by atoms with Crippen molar-refractivity contribution in [3.05, 3.63) is 77.2 Å². The van der Waals surface area contributed by atoms with Gasteiger partial charge in [0.15, 0.2) is 0 Å².